The lowest BCUT2D eigenvalue weighted by Crippen LogP contribution is -2.15. The van der Waals surface area contributed by atoms with Crippen LogP contribution in [0.25, 0.3) is 0 Å². The molecule has 0 saturated carbocycles. The molecule has 0 aliphatic heterocycles. The number of sulfonamides is 1. The number of nitrogens with one attached hydrogen (secondary N) is 1. The first-order valence-electron chi connectivity index (χ1n) is 7.33. The molecular formula is C17H19Cl2NO2S. The van der Waals surface area contributed by atoms with E-state index in [0.29, 0.717) is 16.3 Å². The summed E-state index contributed by atoms with van der Waals surface area (Å²) in [6, 6.07) is 10.3. The van der Waals surface area contributed by atoms with Crippen molar-refractivity contribution in [3.05, 3.63) is 57.6 Å². The van der Waals surface area contributed by atoms with E-state index >= 15 is 0 Å². The summed E-state index contributed by atoms with van der Waals surface area (Å²) >= 11 is 12.1. The molecule has 2 aromatic rings. The van der Waals surface area contributed by atoms with Crippen LogP contribution in [0.2, 0.25) is 10.0 Å². The van der Waals surface area contributed by atoms with Crippen LogP contribution < -0.4 is 4.72 Å². The Morgan fingerprint density at radius 1 is 1.13 bits per heavy atom. The normalized spacial score (nSPS) is 12.9. The number of hydrogen-bond donors (Lipinski definition) is 1. The van der Waals surface area contributed by atoms with Gasteiger partial charge in [0.15, 0.2) is 0 Å². The molecule has 0 amide bonds. The molecule has 1 N–H and O–H groups in total. The van der Waals surface area contributed by atoms with Crippen LogP contribution in [-0.4, -0.2) is 8.42 Å². The van der Waals surface area contributed by atoms with Crippen molar-refractivity contribution >= 4 is 38.9 Å². The first-order valence-corrected chi connectivity index (χ1v) is 9.57. The fraction of sp³-hybridized carbons (Fsp3) is 0.294. The monoisotopic (exact) mass is 371 g/mol. The summed E-state index contributed by atoms with van der Waals surface area (Å²) < 4.78 is 28.1. The molecule has 0 aliphatic carbocycles. The van der Waals surface area contributed by atoms with Crippen LogP contribution in [0, 0.1) is 6.92 Å². The molecule has 0 radical (unpaired) electrons. The Morgan fingerprint density at radius 2 is 1.78 bits per heavy atom. The van der Waals surface area contributed by atoms with E-state index in [4.69, 9.17) is 23.2 Å². The average molecular weight is 372 g/mol. The van der Waals surface area contributed by atoms with Gasteiger partial charge in [0.05, 0.1) is 10.7 Å². The smallest absolute Gasteiger partial charge is 0.263 e. The zero-order valence-electron chi connectivity index (χ0n) is 13.2. The molecule has 124 valence electrons. The van der Waals surface area contributed by atoms with Gasteiger partial charge in [-0.3, -0.25) is 4.72 Å². The van der Waals surface area contributed by atoms with Gasteiger partial charge in [0.1, 0.15) is 4.90 Å². The highest BCUT2D eigenvalue weighted by atomic mass is 35.5. The summed E-state index contributed by atoms with van der Waals surface area (Å²) in [4.78, 5) is 0.0278. The summed E-state index contributed by atoms with van der Waals surface area (Å²) in [6.07, 6.45) is 0.916. The summed E-state index contributed by atoms with van der Waals surface area (Å²) in [5.74, 6) is 0.247. The van der Waals surface area contributed by atoms with Gasteiger partial charge in [-0.15, -0.1) is 0 Å². The van der Waals surface area contributed by atoms with Crippen LogP contribution in [0.4, 0.5) is 5.69 Å². The van der Waals surface area contributed by atoms with E-state index < -0.39 is 10.0 Å². The third kappa shape index (κ3) is 4.00. The maximum absolute atomic E-state index is 12.7. The second-order valence-corrected chi connectivity index (χ2v) is 8.00. The van der Waals surface area contributed by atoms with Crippen molar-refractivity contribution in [2.45, 2.75) is 38.0 Å². The highest BCUT2D eigenvalue weighted by Gasteiger charge is 2.21. The molecule has 1 atom stereocenters. The van der Waals surface area contributed by atoms with Gasteiger partial charge in [-0.05, 0) is 48.6 Å². The third-order valence-corrected chi connectivity index (χ3v) is 6.09. The van der Waals surface area contributed by atoms with Crippen LogP contribution in [0.15, 0.2) is 41.3 Å². The molecule has 0 aliphatic rings. The molecule has 0 aromatic heterocycles. The molecule has 6 heteroatoms. The molecule has 0 saturated heterocycles. The lowest BCUT2D eigenvalue weighted by atomic mass is 9.97. The van der Waals surface area contributed by atoms with Gasteiger partial charge in [-0.2, -0.15) is 0 Å². The van der Waals surface area contributed by atoms with Crippen LogP contribution in [0.1, 0.15) is 37.3 Å². The Hall–Kier alpha value is -1.23. The number of hydrogen-bond acceptors (Lipinski definition) is 2. The van der Waals surface area contributed by atoms with Crippen molar-refractivity contribution < 1.29 is 8.42 Å². The van der Waals surface area contributed by atoms with Gasteiger partial charge in [0.25, 0.3) is 10.0 Å². The van der Waals surface area contributed by atoms with Crippen LogP contribution in [0.3, 0.4) is 0 Å². The van der Waals surface area contributed by atoms with Crippen molar-refractivity contribution in [1.82, 2.24) is 0 Å². The topological polar surface area (TPSA) is 46.2 Å². The van der Waals surface area contributed by atoms with Gasteiger partial charge in [-0.1, -0.05) is 55.2 Å². The number of anilines is 1. The van der Waals surface area contributed by atoms with Crippen molar-refractivity contribution in [3.8, 4) is 0 Å². The minimum absolute atomic E-state index is 0.0278. The quantitative estimate of drug-likeness (QED) is 0.741. The molecule has 1 unspecified atom stereocenters. The van der Waals surface area contributed by atoms with Crippen molar-refractivity contribution in [2.24, 2.45) is 0 Å². The minimum atomic E-state index is -3.79. The molecule has 0 bridgehead atoms. The zero-order valence-corrected chi connectivity index (χ0v) is 15.6. The first-order chi connectivity index (χ1) is 10.8. The van der Waals surface area contributed by atoms with Crippen molar-refractivity contribution in [3.63, 3.8) is 0 Å². The van der Waals surface area contributed by atoms with Crippen LogP contribution >= 0.6 is 23.2 Å². The molecule has 2 aromatic carbocycles. The Balaban J connectivity index is 2.46. The standard InChI is InChI=1S/C17H19Cl2NO2S/c1-4-11(2)13-7-5-6-8-16(13)20-23(21,22)17-9-12(3)14(18)10-15(17)19/h5-11,20H,4H2,1-3H3. The Labute approximate surface area is 147 Å². The van der Waals surface area contributed by atoms with E-state index in [-0.39, 0.29) is 15.8 Å². The molecule has 2 rings (SSSR count). The number of rotatable bonds is 5. The SMILES string of the molecule is CCC(C)c1ccccc1NS(=O)(=O)c1cc(C)c(Cl)cc1Cl. The Morgan fingerprint density at radius 3 is 2.43 bits per heavy atom. The molecule has 0 fully saturated rings. The average Bonchev–Trinajstić information content (AvgIpc) is 2.50. The number of benzene rings is 2. The summed E-state index contributed by atoms with van der Waals surface area (Å²) in [6.45, 7) is 5.87. The molecule has 3 nitrogen and oxygen atoms in total. The number of aryl methyl sites for hydroxylation is 1. The van der Waals surface area contributed by atoms with Crippen molar-refractivity contribution in [1.29, 1.82) is 0 Å². The van der Waals surface area contributed by atoms with Gasteiger partial charge in [0, 0.05) is 5.02 Å². The highest BCUT2D eigenvalue weighted by Crippen LogP contribution is 2.32. The Bertz CT molecular complexity index is 819. The molecule has 23 heavy (non-hydrogen) atoms. The van der Waals surface area contributed by atoms with E-state index in [2.05, 4.69) is 18.6 Å². The minimum Gasteiger partial charge on any atom is -0.279 e. The van der Waals surface area contributed by atoms with E-state index in [0.717, 1.165) is 12.0 Å². The highest BCUT2D eigenvalue weighted by molar-refractivity contribution is 7.92. The number of para-hydroxylation sites is 1. The maximum Gasteiger partial charge on any atom is 0.263 e. The second-order valence-electron chi connectivity index (χ2n) is 5.53. The lowest BCUT2D eigenvalue weighted by molar-refractivity contribution is 0.601. The van der Waals surface area contributed by atoms with E-state index in [1.807, 2.05) is 12.1 Å². The fourth-order valence-electron chi connectivity index (χ4n) is 2.28. The van der Waals surface area contributed by atoms with E-state index in [9.17, 15) is 8.42 Å². The van der Waals surface area contributed by atoms with Gasteiger partial charge < -0.3 is 0 Å². The predicted octanol–water partition coefficient (Wildman–Crippen LogP) is 5.62. The van der Waals surface area contributed by atoms with Gasteiger partial charge in [0.2, 0.25) is 0 Å². The van der Waals surface area contributed by atoms with Crippen molar-refractivity contribution in [2.75, 3.05) is 4.72 Å². The summed E-state index contributed by atoms with van der Waals surface area (Å²) in [5.41, 5.74) is 2.19. The van der Waals surface area contributed by atoms with Crippen LogP contribution in [-0.2, 0) is 10.0 Å². The molecule has 0 heterocycles. The maximum atomic E-state index is 12.7. The lowest BCUT2D eigenvalue weighted by Gasteiger charge is -2.17. The molecular weight excluding hydrogens is 353 g/mol. The van der Waals surface area contributed by atoms with E-state index in [1.54, 1.807) is 19.1 Å². The predicted molar refractivity (Wildman–Crippen MR) is 97.2 cm³/mol. The summed E-state index contributed by atoms with van der Waals surface area (Å²) in [5, 5.41) is 0.545. The first kappa shape index (κ1) is 18.1. The zero-order chi connectivity index (χ0) is 17.2. The van der Waals surface area contributed by atoms with Gasteiger partial charge in [-0.25, -0.2) is 8.42 Å². The summed E-state index contributed by atoms with van der Waals surface area (Å²) in [7, 11) is -3.79. The Kier molecular flexibility index (Phi) is 5.61. The molecule has 0 spiro atoms. The fourth-order valence-corrected chi connectivity index (χ4v) is 4.20. The third-order valence-electron chi connectivity index (χ3n) is 3.85. The van der Waals surface area contributed by atoms with Gasteiger partial charge >= 0.3 is 0 Å². The van der Waals surface area contributed by atoms with E-state index in [1.165, 1.54) is 12.1 Å². The van der Waals surface area contributed by atoms with Crippen LogP contribution in [0.5, 0.6) is 0 Å². The number of halogens is 2. The largest absolute Gasteiger partial charge is 0.279 e. The second kappa shape index (κ2) is 7.12.